The average molecular weight is 275 g/mol. The molecule has 2 aliphatic rings. The van der Waals surface area contributed by atoms with Crippen molar-refractivity contribution >= 4 is 0 Å². The Kier molecular flexibility index (Phi) is 4.45. The molecule has 3 rings (SSSR count). The molecule has 1 heterocycles. The second-order valence-corrected chi connectivity index (χ2v) is 6.60. The minimum Gasteiger partial charge on any atom is -0.334 e. The first-order chi connectivity index (χ1) is 9.86. The van der Waals surface area contributed by atoms with E-state index in [4.69, 9.17) is 4.98 Å². The van der Waals surface area contributed by atoms with Gasteiger partial charge in [0.25, 0.3) is 0 Å². The zero-order chi connectivity index (χ0) is 13.9. The maximum absolute atomic E-state index is 4.71. The second kappa shape index (κ2) is 6.30. The van der Waals surface area contributed by atoms with Gasteiger partial charge in [0.15, 0.2) is 0 Å². The van der Waals surface area contributed by atoms with E-state index < -0.39 is 0 Å². The Labute approximate surface area is 123 Å². The summed E-state index contributed by atoms with van der Waals surface area (Å²) < 4.78 is 2.37. The van der Waals surface area contributed by atoms with E-state index in [1.165, 1.54) is 44.3 Å². The molecule has 3 unspecified atom stereocenters. The van der Waals surface area contributed by atoms with Gasteiger partial charge in [-0.1, -0.05) is 26.7 Å². The van der Waals surface area contributed by atoms with Crippen LogP contribution < -0.4 is 5.32 Å². The molecule has 20 heavy (non-hydrogen) atoms. The van der Waals surface area contributed by atoms with Crippen LogP contribution in [0.3, 0.4) is 0 Å². The SMILES string of the molecule is CCCNC(c1nccn1CCC)C1C2CCCCC21. The van der Waals surface area contributed by atoms with Gasteiger partial charge < -0.3 is 9.88 Å². The second-order valence-electron chi connectivity index (χ2n) is 6.60. The van der Waals surface area contributed by atoms with Crippen molar-refractivity contribution in [1.82, 2.24) is 14.9 Å². The van der Waals surface area contributed by atoms with Crippen molar-refractivity contribution in [3.05, 3.63) is 18.2 Å². The van der Waals surface area contributed by atoms with Gasteiger partial charge in [0, 0.05) is 18.9 Å². The van der Waals surface area contributed by atoms with E-state index >= 15 is 0 Å². The van der Waals surface area contributed by atoms with Crippen molar-refractivity contribution in [2.45, 2.75) is 65.0 Å². The van der Waals surface area contributed by atoms with Crippen LogP contribution >= 0.6 is 0 Å². The van der Waals surface area contributed by atoms with Gasteiger partial charge in [-0.25, -0.2) is 4.98 Å². The van der Waals surface area contributed by atoms with Gasteiger partial charge in [-0.05, 0) is 50.0 Å². The number of nitrogens with one attached hydrogen (secondary N) is 1. The summed E-state index contributed by atoms with van der Waals surface area (Å²) in [5.41, 5.74) is 0. The predicted octanol–water partition coefficient (Wildman–Crippen LogP) is 3.77. The molecule has 0 bridgehead atoms. The highest BCUT2D eigenvalue weighted by atomic mass is 15.1. The molecule has 0 spiro atoms. The summed E-state index contributed by atoms with van der Waals surface area (Å²) >= 11 is 0. The Morgan fingerprint density at radius 3 is 2.65 bits per heavy atom. The molecule has 0 saturated heterocycles. The molecule has 112 valence electrons. The molecule has 2 aliphatic carbocycles. The maximum Gasteiger partial charge on any atom is 0.126 e. The molecule has 2 fully saturated rings. The van der Waals surface area contributed by atoms with E-state index in [-0.39, 0.29) is 0 Å². The van der Waals surface area contributed by atoms with Crippen molar-refractivity contribution in [3.8, 4) is 0 Å². The van der Waals surface area contributed by atoms with E-state index in [1.807, 2.05) is 6.20 Å². The Hall–Kier alpha value is -0.830. The van der Waals surface area contributed by atoms with Crippen LogP contribution in [0.1, 0.15) is 64.2 Å². The smallest absolute Gasteiger partial charge is 0.126 e. The lowest BCUT2D eigenvalue weighted by Gasteiger charge is -2.20. The van der Waals surface area contributed by atoms with Crippen LogP contribution in [-0.2, 0) is 6.54 Å². The highest BCUT2D eigenvalue weighted by molar-refractivity contribution is 5.12. The molecule has 3 heteroatoms. The molecule has 3 nitrogen and oxygen atoms in total. The minimum absolute atomic E-state index is 0.490. The van der Waals surface area contributed by atoms with Gasteiger partial charge in [0.05, 0.1) is 6.04 Å². The molecule has 3 atom stereocenters. The number of hydrogen-bond acceptors (Lipinski definition) is 2. The van der Waals surface area contributed by atoms with Crippen LogP contribution in [0.4, 0.5) is 0 Å². The summed E-state index contributed by atoms with van der Waals surface area (Å²) in [4.78, 5) is 4.71. The Balaban J connectivity index is 1.77. The molecule has 0 radical (unpaired) electrons. The summed E-state index contributed by atoms with van der Waals surface area (Å²) in [5.74, 6) is 4.09. The first-order valence-electron chi connectivity index (χ1n) is 8.61. The lowest BCUT2D eigenvalue weighted by molar-refractivity contribution is 0.408. The summed E-state index contributed by atoms with van der Waals surface area (Å²) in [6.45, 7) is 6.71. The number of nitrogens with zero attached hydrogens (tertiary/aromatic N) is 2. The normalized spacial score (nSPS) is 30.0. The molecule has 1 aromatic heterocycles. The number of aromatic nitrogens is 2. The lowest BCUT2D eigenvalue weighted by Crippen LogP contribution is -2.28. The van der Waals surface area contributed by atoms with Crippen LogP contribution in [0.15, 0.2) is 12.4 Å². The third-order valence-electron chi connectivity index (χ3n) is 5.21. The molecule has 1 aromatic rings. The number of aryl methyl sites for hydroxylation is 1. The number of hydrogen-bond donors (Lipinski definition) is 1. The Morgan fingerprint density at radius 1 is 1.25 bits per heavy atom. The van der Waals surface area contributed by atoms with Gasteiger partial charge in [-0.2, -0.15) is 0 Å². The van der Waals surface area contributed by atoms with Crippen molar-refractivity contribution in [3.63, 3.8) is 0 Å². The highest BCUT2D eigenvalue weighted by Gasteiger charge is 2.55. The fourth-order valence-electron chi connectivity index (χ4n) is 4.27. The Morgan fingerprint density at radius 2 is 2.00 bits per heavy atom. The standard InChI is InChI=1S/C17H29N3/c1-3-9-18-16(15-13-7-5-6-8-14(13)15)17-19-10-12-20(17)11-4-2/h10,12-16,18H,3-9,11H2,1-2H3. The molecular weight excluding hydrogens is 246 g/mol. The number of fused-ring (bicyclic) bond motifs is 1. The van der Waals surface area contributed by atoms with Crippen LogP contribution in [0, 0.1) is 17.8 Å². The van der Waals surface area contributed by atoms with Gasteiger partial charge in [-0.3, -0.25) is 0 Å². The van der Waals surface area contributed by atoms with Gasteiger partial charge in [-0.15, -0.1) is 0 Å². The fourth-order valence-corrected chi connectivity index (χ4v) is 4.27. The first-order valence-corrected chi connectivity index (χ1v) is 8.61. The van der Waals surface area contributed by atoms with E-state index in [1.54, 1.807) is 0 Å². The zero-order valence-electron chi connectivity index (χ0n) is 13.0. The first kappa shape index (κ1) is 14.1. The topological polar surface area (TPSA) is 29.9 Å². The molecule has 1 N–H and O–H groups in total. The molecular formula is C17H29N3. The van der Waals surface area contributed by atoms with Gasteiger partial charge in [0.1, 0.15) is 5.82 Å². The lowest BCUT2D eigenvalue weighted by atomic mass is 10.0. The maximum atomic E-state index is 4.71. The number of rotatable bonds is 7. The third kappa shape index (κ3) is 2.65. The Bertz CT molecular complexity index is 414. The summed E-state index contributed by atoms with van der Waals surface area (Å²) in [6, 6.07) is 0.490. The minimum atomic E-state index is 0.490. The van der Waals surface area contributed by atoms with E-state index in [0.717, 1.165) is 30.8 Å². The van der Waals surface area contributed by atoms with Crippen molar-refractivity contribution in [2.75, 3.05) is 6.54 Å². The van der Waals surface area contributed by atoms with Crippen molar-refractivity contribution in [2.24, 2.45) is 17.8 Å². The molecule has 0 aromatic carbocycles. The van der Waals surface area contributed by atoms with Gasteiger partial charge in [0.2, 0.25) is 0 Å². The fraction of sp³-hybridized carbons (Fsp3) is 0.824. The average Bonchev–Trinajstić information content (AvgIpc) is 3.01. The third-order valence-corrected chi connectivity index (χ3v) is 5.21. The van der Waals surface area contributed by atoms with E-state index in [0.29, 0.717) is 6.04 Å². The van der Waals surface area contributed by atoms with Crippen molar-refractivity contribution < 1.29 is 0 Å². The van der Waals surface area contributed by atoms with Crippen LogP contribution in [0.25, 0.3) is 0 Å². The van der Waals surface area contributed by atoms with Crippen LogP contribution in [0.5, 0.6) is 0 Å². The predicted molar refractivity (Wildman–Crippen MR) is 82.5 cm³/mol. The van der Waals surface area contributed by atoms with Crippen molar-refractivity contribution in [1.29, 1.82) is 0 Å². The van der Waals surface area contributed by atoms with Gasteiger partial charge >= 0.3 is 0 Å². The summed E-state index contributed by atoms with van der Waals surface area (Å²) in [5, 5.41) is 3.81. The van der Waals surface area contributed by atoms with E-state index in [9.17, 15) is 0 Å². The molecule has 2 saturated carbocycles. The molecule has 0 aliphatic heterocycles. The summed E-state index contributed by atoms with van der Waals surface area (Å²) in [6.07, 6.45) is 12.3. The number of imidazole rings is 1. The highest BCUT2D eigenvalue weighted by Crippen LogP contribution is 2.60. The van der Waals surface area contributed by atoms with E-state index in [2.05, 4.69) is 29.9 Å². The monoisotopic (exact) mass is 275 g/mol. The largest absolute Gasteiger partial charge is 0.334 e. The summed E-state index contributed by atoms with van der Waals surface area (Å²) in [7, 11) is 0. The quantitative estimate of drug-likeness (QED) is 0.821. The molecule has 0 amide bonds. The zero-order valence-corrected chi connectivity index (χ0v) is 13.0. The van der Waals surface area contributed by atoms with Crippen LogP contribution in [0.2, 0.25) is 0 Å². The van der Waals surface area contributed by atoms with Crippen LogP contribution in [-0.4, -0.2) is 16.1 Å².